The van der Waals surface area contributed by atoms with Crippen LogP contribution in [0.1, 0.15) is 20.8 Å². The Labute approximate surface area is 107 Å². The number of rotatable bonds is 5. The molecule has 0 saturated heterocycles. The molecule has 7 heteroatoms. The summed E-state index contributed by atoms with van der Waals surface area (Å²) in [6.07, 6.45) is 0. The van der Waals surface area contributed by atoms with Gasteiger partial charge in [0.15, 0.2) is 0 Å². The molecule has 1 heterocycles. The summed E-state index contributed by atoms with van der Waals surface area (Å²) < 4.78 is 0. The number of anilines is 3. The van der Waals surface area contributed by atoms with Gasteiger partial charge in [0.2, 0.25) is 11.9 Å². The van der Waals surface area contributed by atoms with Crippen molar-refractivity contribution in [1.82, 2.24) is 15.3 Å². The van der Waals surface area contributed by atoms with Gasteiger partial charge in [-0.3, -0.25) is 4.79 Å². The molecule has 0 aliphatic heterocycles. The Hall–Kier alpha value is -2.05. The molecule has 100 valence electrons. The van der Waals surface area contributed by atoms with Crippen LogP contribution in [0.5, 0.6) is 0 Å². The number of nitrogens with zero attached hydrogens (tertiary/aromatic N) is 2. The van der Waals surface area contributed by atoms with Gasteiger partial charge in [0.25, 0.3) is 0 Å². The largest absolute Gasteiger partial charge is 0.373 e. The molecule has 0 aliphatic carbocycles. The Balaban J connectivity index is 2.72. The molecule has 1 rings (SSSR count). The zero-order valence-corrected chi connectivity index (χ0v) is 11.1. The average molecular weight is 252 g/mol. The van der Waals surface area contributed by atoms with E-state index < -0.39 is 6.04 Å². The normalized spacial score (nSPS) is 12.1. The fourth-order valence-corrected chi connectivity index (χ4v) is 1.36. The first kappa shape index (κ1) is 14.0. The first-order valence-corrected chi connectivity index (χ1v) is 5.81. The smallest absolute Gasteiger partial charge is 0.242 e. The van der Waals surface area contributed by atoms with E-state index in [1.165, 1.54) is 0 Å². The van der Waals surface area contributed by atoms with Gasteiger partial charge in [0, 0.05) is 19.2 Å². The van der Waals surface area contributed by atoms with Gasteiger partial charge >= 0.3 is 0 Å². The second-order valence-electron chi connectivity index (χ2n) is 4.28. The van der Waals surface area contributed by atoms with Gasteiger partial charge < -0.3 is 21.7 Å². The molecule has 1 atom stereocenters. The van der Waals surface area contributed by atoms with Crippen LogP contribution in [0, 0.1) is 0 Å². The van der Waals surface area contributed by atoms with E-state index in [2.05, 4.69) is 25.9 Å². The van der Waals surface area contributed by atoms with Crippen LogP contribution in [-0.4, -0.2) is 35.0 Å². The number of hydrogen-bond donors (Lipinski definition) is 4. The lowest BCUT2D eigenvalue weighted by molar-refractivity contribution is -0.122. The quantitative estimate of drug-likeness (QED) is 0.605. The molecule has 18 heavy (non-hydrogen) atoms. The zero-order chi connectivity index (χ0) is 13.7. The predicted molar refractivity (Wildman–Crippen MR) is 72.4 cm³/mol. The zero-order valence-electron chi connectivity index (χ0n) is 11.1. The van der Waals surface area contributed by atoms with Crippen molar-refractivity contribution in [3.8, 4) is 0 Å². The van der Waals surface area contributed by atoms with Crippen molar-refractivity contribution < 1.29 is 4.79 Å². The van der Waals surface area contributed by atoms with Crippen molar-refractivity contribution in [2.75, 3.05) is 23.4 Å². The lowest BCUT2D eigenvalue weighted by Gasteiger charge is -2.16. The molecule has 1 unspecified atom stereocenters. The molecular weight excluding hydrogens is 232 g/mol. The third kappa shape index (κ3) is 4.08. The van der Waals surface area contributed by atoms with Crippen molar-refractivity contribution in [2.45, 2.75) is 32.9 Å². The number of nitrogens with two attached hydrogens (primary N) is 1. The van der Waals surface area contributed by atoms with E-state index in [9.17, 15) is 4.79 Å². The highest BCUT2D eigenvalue weighted by Gasteiger charge is 2.14. The summed E-state index contributed by atoms with van der Waals surface area (Å²) in [5.41, 5.74) is 5.56. The summed E-state index contributed by atoms with van der Waals surface area (Å²) in [5.74, 6) is 1.17. The van der Waals surface area contributed by atoms with E-state index >= 15 is 0 Å². The van der Waals surface area contributed by atoms with Gasteiger partial charge in [-0.2, -0.15) is 9.97 Å². The molecule has 0 saturated carbocycles. The van der Waals surface area contributed by atoms with Crippen LogP contribution in [0.3, 0.4) is 0 Å². The van der Waals surface area contributed by atoms with E-state index in [1.807, 2.05) is 13.8 Å². The van der Waals surface area contributed by atoms with Gasteiger partial charge in [-0.1, -0.05) is 0 Å². The van der Waals surface area contributed by atoms with Crippen LogP contribution in [0.4, 0.5) is 17.6 Å². The van der Waals surface area contributed by atoms with E-state index in [0.717, 1.165) is 0 Å². The first-order valence-electron chi connectivity index (χ1n) is 5.81. The number of aromatic nitrogens is 2. The molecule has 7 nitrogen and oxygen atoms in total. The summed E-state index contributed by atoms with van der Waals surface area (Å²) in [5, 5.41) is 8.66. The standard InChI is InChI=1S/C11H20N6O/c1-6(2)14-10(18)7(3)15-9-5-8(13-4)16-11(12)17-9/h5-7H,1-4H3,(H,14,18)(H4,12,13,15,16,17). The molecule has 0 spiro atoms. The molecule has 5 N–H and O–H groups in total. The van der Waals surface area contributed by atoms with Crippen molar-refractivity contribution >= 4 is 23.5 Å². The Bertz CT molecular complexity index is 420. The monoisotopic (exact) mass is 252 g/mol. The summed E-state index contributed by atoms with van der Waals surface area (Å²) in [4.78, 5) is 19.7. The second-order valence-corrected chi connectivity index (χ2v) is 4.28. The van der Waals surface area contributed by atoms with Crippen LogP contribution in [0.15, 0.2) is 6.07 Å². The van der Waals surface area contributed by atoms with Crippen molar-refractivity contribution in [2.24, 2.45) is 0 Å². The maximum absolute atomic E-state index is 11.7. The molecular formula is C11H20N6O. The van der Waals surface area contributed by atoms with Crippen LogP contribution in [-0.2, 0) is 4.79 Å². The summed E-state index contributed by atoms with van der Waals surface area (Å²) in [6.45, 7) is 5.58. The molecule has 0 radical (unpaired) electrons. The first-order chi connectivity index (χ1) is 8.42. The van der Waals surface area contributed by atoms with E-state index in [1.54, 1.807) is 20.0 Å². The van der Waals surface area contributed by atoms with E-state index in [0.29, 0.717) is 11.6 Å². The van der Waals surface area contributed by atoms with Crippen LogP contribution in [0.25, 0.3) is 0 Å². The number of carbonyl (C=O) groups excluding carboxylic acids is 1. The number of nitrogens with one attached hydrogen (secondary N) is 3. The number of nitrogen functional groups attached to an aromatic ring is 1. The molecule has 1 aromatic heterocycles. The fourth-order valence-electron chi connectivity index (χ4n) is 1.36. The highest BCUT2D eigenvalue weighted by Crippen LogP contribution is 2.12. The highest BCUT2D eigenvalue weighted by atomic mass is 16.2. The lowest BCUT2D eigenvalue weighted by atomic mass is 10.3. The topological polar surface area (TPSA) is 105 Å². The molecule has 0 bridgehead atoms. The summed E-state index contributed by atoms with van der Waals surface area (Å²) >= 11 is 0. The van der Waals surface area contributed by atoms with Crippen molar-refractivity contribution in [1.29, 1.82) is 0 Å². The van der Waals surface area contributed by atoms with Crippen LogP contribution < -0.4 is 21.7 Å². The van der Waals surface area contributed by atoms with Crippen LogP contribution in [0.2, 0.25) is 0 Å². The maximum atomic E-state index is 11.7. The van der Waals surface area contributed by atoms with Gasteiger partial charge in [-0.25, -0.2) is 0 Å². The SMILES string of the molecule is CNc1cc(NC(C)C(=O)NC(C)C)nc(N)n1. The third-order valence-corrected chi connectivity index (χ3v) is 2.19. The Morgan fingerprint density at radius 2 is 1.89 bits per heavy atom. The Morgan fingerprint density at radius 3 is 2.44 bits per heavy atom. The Kier molecular flexibility index (Phi) is 4.70. The highest BCUT2D eigenvalue weighted by molar-refractivity contribution is 5.84. The minimum Gasteiger partial charge on any atom is -0.373 e. The minimum absolute atomic E-state index is 0.0896. The third-order valence-electron chi connectivity index (χ3n) is 2.19. The molecule has 1 amide bonds. The summed E-state index contributed by atoms with van der Waals surface area (Å²) in [7, 11) is 1.74. The maximum Gasteiger partial charge on any atom is 0.242 e. The second kappa shape index (κ2) is 6.04. The fraction of sp³-hybridized carbons (Fsp3) is 0.545. The van der Waals surface area contributed by atoms with Crippen molar-refractivity contribution in [3.63, 3.8) is 0 Å². The van der Waals surface area contributed by atoms with Crippen LogP contribution >= 0.6 is 0 Å². The number of carbonyl (C=O) groups is 1. The lowest BCUT2D eigenvalue weighted by Crippen LogP contribution is -2.41. The van der Waals surface area contributed by atoms with Gasteiger partial charge in [0.05, 0.1) is 0 Å². The minimum atomic E-state index is -0.397. The molecule has 0 aliphatic rings. The van der Waals surface area contributed by atoms with Gasteiger partial charge in [0.1, 0.15) is 17.7 Å². The van der Waals surface area contributed by atoms with E-state index in [4.69, 9.17) is 5.73 Å². The Morgan fingerprint density at radius 1 is 1.28 bits per heavy atom. The average Bonchev–Trinajstić information content (AvgIpc) is 2.27. The van der Waals surface area contributed by atoms with Gasteiger partial charge in [-0.05, 0) is 20.8 Å². The number of amides is 1. The molecule has 0 fully saturated rings. The predicted octanol–water partition coefficient (Wildman–Crippen LogP) is 0.426. The van der Waals surface area contributed by atoms with E-state index in [-0.39, 0.29) is 17.9 Å². The van der Waals surface area contributed by atoms with Crippen molar-refractivity contribution in [3.05, 3.63) is 6.07 Å². The molecule has 1 aromatic rings. The van der Waals surface area contributed by atoms with Gasteiger partial charge in [-0.15, -0.1) is 0 Å². The summed E-state index contributed by atoms with van der Waals surface area (Å²) in [6, 6.07) is 1.40. The number of hydrogen-bond acceptors (Lipinski definition) is 6. The molecule has 0 aromatic carbocycles.